The summed E-state index contributed by atoms with van der Waals surface area (Å²) in [6, 6.07) is 5.44. The predicted octanol–water partition coefficient (Wildman–Crippen LogP) is 1.73. The summed E-state index contributed by atoms with van der Waals surface area (Å²) in [7, 11) is 4.46. The summed E-state index contributed by atoms with van der Waals surface area (Å²) >= 11 is 0. The topological polar surface area (TPSA) is 74.1 Å². The monoisotopic (exact) mass is 301 g/mol. The van der Waals surface area contributed by atoms with Crippen molar-refractivity contribution in [3.63, 3.8) is 0 Å². The molecule has 0 unspecified atom stereocenters. The van der Waals surface area contributed by atoms with E-state index in [9.17, 15) is 8.42 Å². The summed E-state index contributed by atoms with van der Waals surface area (Å²) in [4.78, 5) is 0. The van der Waals surface area contributed by atoms with Crippen LogP contribution in [0.25, 0.3) is 11.4 Å². The van der Waals surface area contributed by atoms with E-state index in [0.29, 0.717) is 17.1 Å². The van der Waals surface area contributed by atoms with Crippen molar-refractivity contribution in [3.05, 3.63) is 23.8 Å². The molecule has 2 aromatic rings. The standard InChI is InChI=1S/C11H12ClN3O3S/c1-7-4-5-8(6-9(7)18-3)10-13-14-11(15(10)2)19(12,16)17/h4-6H,1-3H3. The summed E-state index contributed by atoms with van der Waals surface area (Å²) in [6.07, 6.45) is 0. The molecule has 0 atom stereocenters. The Bertz CT molecular complexity index is 725. The van der Waals surface area contributed by atoms with Gasteiger partial charge in [-0.1, -0.05) is 12.1 Å². The number of aromatic nitrogens is 3. The third-order valence-electron chi connectivity index (χ3n) is 2.72. The van der Waals surface area contributed by atoms with E-state index in [2.05, 4.69) is 10.2 Å². The van der Waals surface area contributed by atoms with Gasteiger partial charge < -0.3 is 4.74 Å². The first kappa shape index (κ1) is 13.8. The highest BCUT2D eigenvalue weighted by Gasteiger charge is 2.21. The number of benzene rings is 1. The lowest BCUT2D eigenvalue weighted by Crippen LogP contribution is -2.03. The molecular weight excluding hydrogens is 290 g/mol. The Hall–Kier alpha value is -1.60. The van der Waals surface area contributed by atoms with Gasteiger partial charge in [0.1, 0.15) is 5.75 Å². The molecule has 0 N–H and O–H groups in total. The zero-order valence-corrected chi connectivity index (χ0v) is 12.2. The van der Waals surface area contributed by atoms with E-state index >= 15 is 0 Å². The van der Waals surface area contributed by atoms with Crippen LogP contribution in [0.15, 0.2) is 23.4 Å². The van der Waals surface area contributed by atoms with E-state index in [1.807, 2.05) is 19.1 Å². The Morgan fingerprint density at radius 2 is 2.00 bits per heavy atom. The highest BCUT2D eigenvalue weighted by atomic mass is 35.7. The van der Waals surface area contributed by atoms with Gasteiger partial charge in [0.25, 0.3) is 14.2 Å². The van der Waals surface area contributed by atoms with Crippen LogP contribution in [-0.2, 0) is 16.1 Å². The van der Waals surface area contributed by atoms with Crippen molar-refractivity contribution in [2.75, 3.05) is 7.11 Å². The number of methoxy groups -OCH3 is 1. The maximum atomic E-state index is 11.3. The van der Waals surface area contributed by atoms with Crippen LogP contribution in [0.1, 0.15) is 5.56 Å². The Morgan fingerprint density at radius 1 is 1.32 bits per heavy atom. The number of rotatable bonds is 3. The minimum Gasteiger partial charge on any atom is -0.496 e. The van der Waals surface area contributed by atoms with Crippen LogP contribution in [0.4, 0.5) is 0 Å². The number of halogens is 1. The molecule has 0 fully saturated rings. The summed E-state index contributed by atoms with van der Waals surface area (Å²) in [5, 5.41) is 7.16. The van der Waals surface area contributed by atoms with Crippen molar-refractivity contribution >= 4 is 19.7 Å². The maximum absolute atomic E-state index is 11.3. The molecule has 6 nitrogen and oxygen atoms in total. The molecule has 0 saturated heterocycles. The molecule has 0 spiro atoms. The van der Waals surface area contributed by atoms with Crippen LogP contribution in [-0.4, -0.2) is 30.3 Å². The Labute approximate surface area is 115 Å². The first-order valence-corrected chi connectivity index (χ1v) is 7.64. The molecule has 0 aliphatic carbocycles. The van der Waals surface area contributed by atoms with Crippen molar-refractivity contribution in [2.24, 2.45) is 7.05 Å². The van der Waals surface area contributed by atoms with Gasteiger partial charge in [-0.05, 0) is 18.6 Å². The molecular formula is C11H12ClN3O3S. The van der Waals surface area contributed by atoms with E-state index in [1.165, 1.54) is 11.6 Å². The van der Waals surface area contributed by atoms with Crippen molar-refractivity contribution in [1.29, 1.82) is 0 Å². The van der Waals surface area contributed by atoms with Crippen LogP contribution in [0.3, 0.4) is 0 Å². The van der Waals surface area contributed by atoms with Gasteiger partial charge >= 0.3 is 0 Å². The maximum Gasteiger partial charge on any atom is 0.296 e. The van der Waals surface area contributed by atoms with Crippen molar-refractivity contribution in [3.8, 4) is 17.1 Å². The SMILES string of the molecule is COc1cc(-c2nnc(S(=O)(=O)Cl)n2C)ccc1C. The van der Waals surface area contributed by atoms with Crippen LogP contribution >= 0.6 is 10.7 Å². The van der Waals surface area contributed by atoms with Crippen molar-refractivity contribution in [1.82, 2.24) is 14.8 Å². The third-order valence-corrected chi connectivity index (χ3v) is 3.92. The average Bonchev–Trinajstić information content (AvgIpc) is 2.71. The van der Waals surface area contributed by atoms with E-state index in [4.69, 9.17) is 15.4 Å². The van der Waals surface area contributed by atoms with Crippen LogP contribution in [0, 0.1) is 6.92 Å². The quantitative estimate of drug-likeness (QED) is 0.807. The molecule has 0 radical (unpaired) electrons. The number of hydrogen-bond acceptors (Lipinski definition) is 5. The molecule has 1 aromatic heterocycles. The summed E-state index contributed by atoms with van der Waals surface area (Å²) in [5.41, 5.74) is 1.67. The molecule has 1 aromatic carbocycles. The second-order valence-corrected chi connectivity index (χ2v) is 6.45. The molecule has 19 heavy (non-hydrogen) atoms. The van der Waals surface area contributed by atoms with E-state index in [1.54, 1.807) is 13.2 Å². The molecule has 0 amide bonds. The molecule has 0 aliphatic rings. The predicted molar refractivity (Wildman–Crippen MR) is 70.8 cm³/mol. The van der Waals surface area contributed by atoms with Crippen LogP contribution in [0.2, 0.25) is 0 Å². The Kier molecular flexibility index (Phi) is 3.51. The zero-order chi connectivity index (χ0) is 14.2. The molecule has 0 aliphatic heterocycles. The lowest BCUT2D eigenvalue weighted by Gasteiger charge is -2.07. The summed E-state index contributed by atoms with van der Waals surface area (Å²) < 4.78 is 29.1. The van der Waals surface area contributed by atoms with Crippen molar-refractivity contribution < 1.29 is 13.2 Å². The Morgan fingerprint density at radius 3 is 2.53 bits per heavy atom. The fourth-order valence-corrected chi connectivity index (χ4v) is 2.69. The van der Waals surface area contributed by atoms with Gasteiger partial charge in [0, 0.05) is 23.3 Å². The van der Waals surface area contributed by atoms with Gasteiger partial charge in [-0.2, -0.15) is 0 Å². The lowest BCUT2D eigenvalue weighted by molar-refractivity contribution is 0.412. The van der Waals surface area contributed by atoms with Gasteiger partial charge in [0.2, 0.25) is 0 Å². The molecule has 1 heterocycles. The van der Waals surface area contributed by atoms with E-state index in [0.717, 1.165) is 5.56 Å². The second-order valence-electron chi connectivity index (χ2n) is 3.99. The normalized spacial score (nSPS) is 11.6. The van der Waals surface area contributed by atoms with Gasteiger partial charge in [0.15, 0.2) is 5.82 Å². The van der Waals surface area contributed by atoms with Gasteiger partial charge in [-0.25, -0.2) is 8.42 Å². The highest BCUT2D eigenvalue weighted by Crippen LogP contribution is 2.26. The lowest BCUT2D eigenvalue weighted by atomic mass is 10.1. The Balaban J connectivity index is 2.58. The van der Waals surface area contributed by atoms with E-state index < -0.39 is 9.05 Å². The van der Waals surface area contributed by atoms with Gasteiger partial charge in [-0.3, -0.25) is 4.57 Å². The molecule has 102 valence electrons. The van der Waals surface area contributed by atoms with Crippen LogP contribution in [0.5, 0.6) is 5.75 Å². The van der Waals surface area contributed by atoms with Crippen molar-refractivity contribution in [2.45, 2.75) is 12.1 Å². The molecule has 8 heteroatoms. The fourth-order valence-electron chi connectivity index (χ4n) is 1.74. The smallest absolute Gasteiger partial charge is 0.296 e. The highest BCUT2D eigenvalue weighted by molar-refractivity contribution is 8.13. The number of ether oxygens (including phenoxy) is 1. The number of aryl methyl sites for hydroxylation is 1. The molecule has 0 saturated carbocycles. The summed E-state index contributed by atoms with van der Waals surface area (Å²) in [5.74, 6) is 1.09. The van der Waals surface area contributed by atoms with Gasteiger partial charge in [-0.15, -0.1) is 10.2 Å². The average molecular weight is 302 g/mol. The minimum absolute atomic E-state index is 0.288. The largest absolute Gasteiger partial charge is 0.496 e. The number of hydrogen-bond donors (Lipinski definition) is 0. The number of nitrogens with zero attached hydrogens (tertiary/aromatic N) is 3. The van der Waals surface area contributed by atoms with E-state index in [-0.39, 0.29) is 5.16 Å². The second kappa shape index (κ2) is 4.82. The van der Waals surface area contributed by atoms with Crippen LogP contribution < -0.4 is 4.74 Å². The first-order valence-electron chi connectivity index (χ1n) is 5.33. The minimum atomic E-state index is -3.91. The zero-order valence-electron chi connectivity index (χ0n) is 10.6. The molecule has 0 bridgehead atoms. The van der Waals surface area contributed by atoms with Gasteiger partial charge in [0.05, 0.1) is 7.11 Å². The fraction of sp³-hybridized carbons (Fsp3) is 0.273. The summed E-state index contributed by atoms with van der Waals surface area (Å²) in [6.45, 7) is 1.91. The molecule has 2 rings (SSSR count). The first-order chi connectivity index (χ1) is 8.84. The third kappa shape index (κ3) is 2.57.